The second-order valence-corrected chi connectivity index (χ2v) is 5.26. The molecule has 0 saturated carbocycles. The zero-order chi connectivity index (χ0) is 14.1. The number of nitrogens with one attached hydrogen (secondary N) is 1. The van der Waals surface area contributed by atoms with E-state index in [0.717, 1.165) is 11.2 Å². The minimum Gasteiger partial charge on any atom is -0.381 e. The Morgan fingerprint density at radius 2 is 2.20 bits per heavy atom. The molecular weight excluding hydrogens is 320 g/mol. The Morgan fingerprint density at radius 3 is 3.05 bits per heavy atom. The van der Waals surface area contributed by atoms with Gasteiger partial charge >= 0.3 is 0 Å². The van der Waals surface area contributed by atoms with Crippen molar-refractivity contribution in [1.29, 1.82) is 0 Å². The lowest BCUT2D eigenvalue weighted by molar-refractivity contribution is 0.859. The molecular formula is C13H13BrN6. The van der Waals surface area contributed by atoms with Gasteiger partial charge in [-0.2, -0.15) is 0 Å². The summed E-state index contributed by atoms with van der Waals surface area (Å²) in [5.41, 5.74) is 7.84. The van der Waals surface area contributed by atoms with Crippen molar-refractivity contribution in [3.8, 4) is 0 Å². The largest absolute Gasteiger partial charge is 0.381 e. The summed E-state index contributed by atoms with van der Waals surface area (Å²) in [5, 5.41) is 3.26. The van der Waals surface area contributed by atoms with Gasteiger partial charge in [-0.05, 0) is 34.5 Å². The molecule has 3 rings (SSSR count). The predicted molar refractivity (Wildman–Crippen MR) is 81.4 cm³/mol. The van der Waals surface area contributed by atoms with Gasteiger partial charge in [0, 0.05) is 18.6 Å². The Morgan fingerprint density at radius 1 is 1.35 bits per heavy atom. The number of rotatable bonds is 3. The molecule has 0 aliphatic heterocycles. The maximum Gasteiger partial charge on any atom is 0.170 e. The number of aromatic nitrogens is 4. The molecule has 0 radical (unpaired) electrons. The first-order chi connectivity index (χ1) is 9.63. The summed E-state index contributed by atoms with van der Waals surface area (Å²) < 4.78 is 2.62. The molecule has 3 N–H and O–H groups in total. The van der Waals surface area contributed by atoms with E-state index in [1.165, 1.54) is 0 Å². The third kappa shape index (κ3) is 2.44. The minimum absolute atomic E-state index is 0.0488. The van der Waals surface area contributed by atoms with Crippen LogP contribution in [0.4, 0.5) is 11.6 Å². The van der Waals surface area contributed by atoms with Gasteiger partial charge in [0.2, 0.25) is 0 Å². The Kier molecular flexibility index (Phi) is 3.27. The van der Waals surface area contributed by atoms with Gasteiger partial charge in [-0.15, -0.1) is 0 Å². The van der Waals surface area contributed by atoms with E-state index < -0.39 is 0 Å². The van der Waals surface area contributed by atoms with Gasteiger partial charge in [-0.1, -0.05) is 6.07 Å². The van der Waals surface area contributed by atoms with Gasteiger partial charge in [0.25, 0.3) is 0 Å². The zero-order valence-corrected chi connectivity index (χ0v) is 12.4. The van der Waals surface area contributed by atoms with Crippen molar-refractivity contribution in [1.82, 2.24) is 19.4 Å². The molecule has 6 nitrogen and oxygen atoms in total. The fourth-order valence-corrected chi connectivity index (χ4v) is 2.24. The van der Waals surface area contributed by atoms with Crippen LogP contribution in [0.25, 0.3) is 5.65 Å². The summed E-state index contributed by atoms with van der Waals surface area (Å²) in [4.78, 5) is 12.6. The number of nitrogens with two attached hydrogens (primary N) is 1. The Labute approximate surface area is 124 Å². The number of hydrogen-bond donors (Lipinski definition) is 2. The fraction of sp³-hybridized carbons (Fsp3) is 0.154. The molecule has 0 fully saturated rings. The molecule has 3 aromatic heterocycles. The molecule has 0 unspecified atom stereocenters. The molecule has 0 amide bonds. The molecule has 20 heavy (non-hydrogen) atoms. The lowest BCUT2D eigenvalue weighted by Crippen LogP contribution is -2.11. The lowest BCUT2D eigenvalue weighted by atomic mass is 10.1. The standard InChI is InChI=1S/C13H13BrN6/c1-8(18-13-12(15)17-6-10(14)19-13)9-2-3-11-16-4-5-20(11)7-9/h2-8H,1H3,(H2,15,17)(H,18,19)/t8-/m0/s1. The van der Waals surface area contributed by atoms with Crippen LogP contribution < -0.4 is 11.1 Å². The van der Waals surface area contributed by atoms with E-state index in [1.54, 1.807) is 12.4 Å². The van der Waals surface area contributed by atoms with Gasteiger partial charge in [-0.3, -0.25) is 0 Å². The van der Waals surface area contributed by atoms with E-state index in [-0.39, 0.29) is 6.04 Å². The second kappa shape index (κ2) is 5.09. The highest BCUT2D eigenvalue weighted by atomic mass is 79.9. The highest BCUT2D eigenvalue weighted by Gasteiger charge is 2.10. The van der Waals surface area contributed by atoms with E-state index in [2.05, 4.69) is 36.2 Å². The summed E-state index contributed by atoms with van der Waals surface area (Å²) in [6, 6.07) is 4.05. The number of fused-ring (bicyclic) bond motifs is 1. The van der Waals surface area contributed by atoms with E-state index >= 15 is 0 Å². The Balaban J connectivity index is 1.88. The van der Waals surface area contributed by atoms with E-state index in [9.17, 15) is 0 Å². The van der Waals surface area contributed by atoms with Crippen LogP contribution in [0.3, 0.4) is 0 Å². The predicted octanol–water partition coefficient (Wildman–Crippen LogP) is 2.64. The number of imidazole rings is 1. The van der Waals surface area contributed by atoms with Crippen molar-refractivity contribution >= 4 is 33.2 Å². The van der Waals surface area contributed by atoms with Crippen LogP contribution in [0.5, 0.6) is 0 Å². The van der Waals surface area contributed by atoms with Crippen molar-refractivity contribution in [2.24, 2.45) is 0 Å². The molecule has 0 bridgehead atoms. The maximum absolute atomic E-state index is 5.82. The summed E-state index contributed by atoms with van der Waals surface area (Å²) in [7, 11) is 0. The van der Waals surface area contributed by atoms with Gasteiger partial charge in [0.1, 0.15) is 10.3 Å². The number of anilines is 2. The van der Waals surface area contributed by atoms with Crippen molar-refractivity contribution in [3.63, 3.8) is 0 Å². The minimum atomic E-state index is 0.0488. The molecule has 0 spiro atoms. The molecule has 3 aromatic rings. The summed E-state index contributed by atoms with van der Waals surface area (Å²) in [6.45, 7) is 2.04. The topological polar surface area (TPSA) is 81.1 Å². The van der Waals surface area contributed by atoms with Crippen LogP contribution in [0.15, 0.2) is 41.5 Å². The van der Waals surface area contributed by atoms with E-state index in [4.69, 9.17) is 5.73 Å². The first-order valence-electron chi connectivity index (χ1n) is 6.10. The Bertz CT molecular complexity index is 753. The number of hydrogen-bond acceptors (Lipinski definition) is 5. The second-order valence-electron chi connectivity index (χ2n) is 4.45. The molecule has 0 aromatic carbocycles. The number of pyridine rings is 1. The molecule has 0 aliphatic carbocycles. The van der Waals surface area contributed by atoms with Gasteiger partial charge in [-0.25, -0.2) is 15.0 Å². The third-order valence-electron chi connectivity index (χ3n) is 3.04. The smallest absolute Gasteiger partial charge is 0.170 e. The first kappa shape index (κ1) is 12.9. The average molecular weight is 333 g/mol. The van der Waals surface area contributed by atoms with E-state index in [0.29, 0.717) is 16.2 Å². The summed E-state index contributed by atoms with van der Waals surface area (Å²) >= 11 is 3.29. The van der Waals surface area contributed by atoms with Crippen LogP contribution in [-0.2, 0) is 0 Å². The third-order valence-corrected chi connectivity index (χ3v) is 3.42. The van der Waals surface area contributed by atoms with Crippen molar-refractivity contribution < 1.29 is 0 Å². The maximum atomic E-state index is 5.82. The van der Waals surface area contributed by atoms with Crippen molar-refractivity contribution in [3.05, 3.63) is 47.1 Å². The van der Waals surface area contributed by atoms with Gasteiger partial charge < -0.3 is 15.5 Å². The molecule has 0 aliphatic rings. The van der Waals surface area contributed by atoms with Gasteiger partial charge in [0.15, 0.2) is 11.6 Å². The molecule has 7 heteroatoms. The van der Waals surface area contributed by atoms with Crippen LogP contribution in [0.2, 0.25) is 0 Å². The van der Waals surface area contributed by atoms with Crippen LogP contribution in [-0.4, -0.2) is 19.4 Å². The Hall–Kier alpha value is -2.15. The highest BCUT2D eigenvalue weighted by molar-refractivity contribution is 9.10. The SMILES string of the molecule is C[C@H](Nc1nc(Br)cnc1N)c1ccc2nccn2c1. The van der Waals surface area contributed by atoms with Crippen molar-refractivity contribution in [2.75, 3.05) is 11.1 Å². The number of nitrogen functional groups attached to an aromatic ring is 1. The van der Waals surface area contributed by atoms with Crippen molar-refractivity contribution in [2.45, 2.75) is 13.0 Å². The quantitative estimate of drug-likeness (QED) is 0.770. The zero-order valence-electron chi connectivity index (χ0n) is 10.8. The fourth-order valence-electron chi connectivity index (χ4n) is 1.96. The first-order valence-corrected chi connectivity index (χ1v) is 6.90. The lowest BCUT2D eigenvalue weighted by Gasteiger charge is -2.16. The number of halogens is 1. The monoisotopic (exact) mass is 332 g/mol. The van der Waals surface area contributed by atoms with Gasteiger partial charge in [0.05, 0.1) is 12.2 Å². The van der Waals surface area contributed by atoms with Crippen LogP contribution in [0, 0.1) is 0 Å². The van der Waals surface area contributed by atoms with Crippen LogP contribution >= 0.6 is 15.9 Å². The molecule has 0 saturated heterocycles. The molecule has 3 heterocycles. The molecule has 1 atom stereocenters. The summed E-state index contributed by atoms with van der Waals surface area (Å²) in [6.07, 6.45) is 7.29. The average Bonchev–Trinajstić information content (AvgIpc) is 2.90. The highest BCUT2D eigenvalue weighted by Crippen LogP contribution is 2.22. The molecule has 102 valence electrons. The normalized spacial score (nSPS) is 12.5. The van der Waals surface area contributed by atoms with Crippen LogP contribution in [0.1, 0.15) is 18.5 Å². The summed E-state index contributed by atoms with van der Waals surface area (Å²) in [5.74, 6) is 0.946. The van der Waals surface area contributed by atoms with E-state index in [1.807, 2.05) is 35.9 Å². The number of nitrogens with zero attached hydrogens (tertiary/aromatic N) is 4.